The molecule has 3 rings (SSSR count). The molecule has 118 valence electrons. The van der Waals surface area contributed by atoms with Crippen LogP contribution >= 0.6 is 11.6 Å². The minimum atomic E-state index is 0.557. The normalized spacial score (nSPS) is 16.2. The number of hydrogen-bond acceptors (Lipinski definition) is 4. The lowest BCUT2D eigenvalue weighted by molar-refractivity contribution is 0.122. The monoisotopic (exact) mass is 326 g/mol. The molecule has 4 nitrogen and oxygen atoms in total. The number of benzene rings is 1. The van der Waals surface area contributed by atoms with Crippen LogP contribution in [-0.2, 0) is 13.1 Å². The summed E-state index contributed by atoms with van der Waals surface area (Å²) >= 11 is 5.94. The first kappa shape index (κ1) is 15.9. The lowest BCUT2D eigenvalue weighted by Gasteiger charge is -2.34. The lowest BCUT2D eigenvalue weighted by atomic mass is 10.1. The Bertz CT molecular complexity index is 685. The molecular weight excluding hydrogens is 308 g/mol. The summed E-state index contributed by atoms with van der Waals surface area (Å²) in [7, 11) is 0. The van der Waals surface area contributed by atoms with E-state index < -0.39 is 0 Å². The zero-order valence-corrected chi connectivity index (χ0v) is 13.7. The van der Waals surface area contributed by atoms with Crippen molar-refractivity contribution in [2.75, 3.05) is 26.2 Å². The van der Waals surface area contributed by atoms with Crippen molar-refractivity contribution in [1.29, 1.82) is 5.26 Å². The molecule has 1 aromatic carbocycles. The zero-order chi connectivity index (χ0) is 16.1. The number of pyridine rings is 1. The Morgan fingerprint density at radius 2 is 1.57 bits per heavy atom. The summed E-state index contributed by atoms with van der Waals surface area (Å²) < 4.78 is 0. The Morgan fingerprint density at radius 3 is 2.13 bits per heavy atom. The molecule has 0 N–H and O–H groups in total. The Hall–Kier alpha value is -1.93. The van der Waals surface area contributed by atoms with Crippen LogP contribution in [0.5, 0.6) is 0 Å². The van der Waals surface area contributed by atoms with Crippen LogP contribution in [0.15, 0.2) is 42.6 Å². The largest absolute Gasteiger partial charge is 0.297 e. The van der Waals surface area contributed by atoms with E-state index in [1.165, 1.54) is 11.1 Å². The quantitative estimate of drug-likeness (QED) is 0.810. The van der Waals surface area contributed by atoms with Crippen molar-refractivity contribution in [3.8, 4) is 6.07 Å². The van der Waals surface area contributed by atoms with Gasteiger partial charge >= 0.3 is 0 Å². The van der Waals surface area contributed by atoms with Gasteiger partial charge in [-0.25, -0.2) is 4.98 Å². The molecule has 1 aromatic heterocycles. The second-order valence-electron chi connectivity index (χ2n) is 5.85. The second-order valence-corrected chi connectivity index (χ2v) is 6.24. The van der Waals surface area contributed by atoms with E-state index in [0.717, 1.165) is 44.8 Å². The lowest BCUT2D eigenvalue weighted by Crippen LogP contribution is -2.45. The molecule has 0 saturated carbocycles. The minimum absolute atomic E-state index is 0.557. The molecule has 0 aliphatic carbocycles. The fourth-order valence-electron chi connectivity index (χ4n) is 2.85. The van der Waals surface area contributed by atoms with Crippen LogP contribution in [0.3, 0.4) is 0 Å². The standard InChI is InChI=1S/C18H19ClN4/c19-18-11-17(5-6-21-18)14-23-9-7-22(8-10-23)13-16-3-1-15(12-20)2-4-16/h1-6,11H,7-10,13-14H2. The molecule has 0 atom stereocenters. The third-order valence-corrected chi connectivity index (χ3v) is 4.36. The number of piperazine rings is 1. The Labute approximate surface area is 141 Å². The van der Waals surface area contributed by atoms with Crippen molar-refractivity contribution in [2.24, 2.45) is 0 Å². The summed E-state index contributed by atoms with van der Waals surface area (Å²) in [5, 5.41) is 9.40. The van der Waals surface area contributed by atoms with E-state index in [1.807, 2.05) is 36.4 Å². The van der Waals surface area contributed by atoms with E-state index in [0.29, 0.717) is 5.15 Å². The van der Waals surface area contributed by atoms with Crippen molar-refractivity contribution in [2.45, 2.75) is 13.1 Å². The number of hydrogen-bond donors (Lipinski definition) is 0. The van der Waals surface area contributed by atoms with Crippen LogP contribution in [0.4, 0.5) is 0 Å². The van der Waals surface area contributed by atoms with Crippen LogP contribution in [0.2, 0.25) is 5.15 Å². The third kappa shape index (κ3) is 4.52. The summed E-state index contributed by atoms with van der Waals surface area (Å²) in [5.41, 5.74) is 3.19. The van der Waals surface area contributed by atoms with Gasteiger partial charge < -0.3 is 0 Å². The van der Waals surface area contributed by atoms with E-state index in [-0.39, 0.29) is 0 Å². The highest BCUT2D eigenvalue weighted by atomic mass is 35.5. The van der Waals surface area contributed by atoms with Crippen molar-refractivity contribution in [3.05, 3.63) is 64.4 Å². The van der Waals surface area contributed by atoms with E-state index in [2.05, 4.69) is 20.9 Å². The molecule has 1 saturated heterocycles. The molecule has 1 aliphatic heterocycles. The summed E-state index contributed by atoms with van der Waals surface area (Å²) in [6.07, 6.45) is 1.76. The first-order chi connectivity index (χ1) is 11.2. The number of aromatic nitrogens is 1. The molecule has 0 amide bonds. The van der Waals surface area contributed by atoms with Crippen LogP contribution < -0.4 is 0 Å². The average molecular weight is 327 g/mol. The second kappa shape index (κ2) is 7.56. The topological polar surface area (TPSA) is 43.2 Å². The maximum atomic E-state index is 8.84. The fourth-order valence-corrected chi connectivity index (χ4v) is 3.04. The first-order valence-corrected chi connectivity index (χ1v) is 8.15. The van der Waals surface area contributed by atoms with Gasteiger partial charge in [0, 0.05) is 45.5 Å². The predicted octanol–water partition coefficient (Wildman–Crippen LogP) is 2.92. The maximum Gasteiger partial charge on any atom is 0.129 e. The minimum Gasteiger partial charge on any atom is -0.297 e. The van der Waals surface area contributed by atoms with E-state index in [4.69, 9.17) is 16.9 Å². The first-order valence-electron chi connectivity index (χ1n) is 7.77. The van der Waals surface area contributed by atoms with Crippen molar-refractivity contribution >= 4 is 11.6 Å². The van der Waals surface area contributed by atoms with Crippen LogP contribution in [0.1, 0.15) is 16.7 Å². The van der Waals surface area contributed by atoms with Crippen molar-refractivity contribution < 1.29 is 0 Å². The highest BCUT2D eigenvalue weighted by Crippen LogP contribution is 2.13. The maximum absolute atomic E-state index is 8.84. The predicted molar refractivity (Wildman–Crippen MR) is 91.0 cm³/mol. The van der Waals surface area contributed by atoms with E-state index >= 15 is 0 Å². The summed E-state index contributed by atoms with van der Waals surface area (Å²) in [6, 6.07) is 14.0. The molecule has 0 radical (unpaired) electrons. The van der Waals surface area contributed by atoms with Gasteiger partial charge in [0.25, 0.3) is 0 Å². The van der Waals surface area contributed by atoms with Gasteiger partial charge in [0.2, 0.25) is 0 Å². The van der Waals surface area contributed by atoms with Crippen molar-refractivity contribution in [1.82, 2.24) is 14.8 Å². The molecule has 1 aliphatic rings. The van der Waals surface area contributed by atoms with Gasteiger partial charge in [0.05, 0.1) is 11.6 Å². The van der Waals surface area contributed by atoms with Gasteiger partial charge in [-0.3, -0.25) is 9.80 Å². The van der Waals surface area contributed by atoms with Crippen LogP contribution in [0, 0.1) is 11.3 Å². The molecule has 1 fully saturated rings. The van der Waals surface area contributed by atoms with Gasteiger partial charge in [-0.15, -0.1) is 0 Å². The number of rotatable bonds is 4. The summed E-state index contributed by atoms with van der Waals surface area (Å²) in [5.74, 6) is 0. The van der Waals surface area contributed by atoms with Gasteiger partial charge in [-0.05, 0) is 35.4 Å². The molecule has 5 heteroatoms. The smallest absolute Gasteiger partial charge is 0.129 e. The average Bonchev–Trinajstić information content (AvgIpc) is 2.57. The van der Waals surface area contributed by atoms with E-state index in [9.17, 15) is 0 Å². The van der Waals surface area contributed by atoms with E-state index in [1.54, 1.807) is 6.20 Å². The molecule has 23 heavy (non-hydrogen) atoms. The number of halogens is 1. The van der Waals surface area contributed by atoms with Gasteiger partial charge in [-0.2, -0.15) is 5.26 Å². The van der Waals surface area contributed by atoms with Gasteiger partial charge in [-0.1, -0.05) is 23.7 Å². The summed E-state index contributed by atoms with van der Waals surface area (Å²) in [4.78, 5) is 8.92. The number of nitrogens with zero attached hydrogens (tertiary/aromatic N) is 4. The number of nitriles is 1. The van der Waals surface area contributed by atoms with Gasteiger partial charge in [0.15, 0.2) is 0 Å². The molecule has 2 heterocycles. The Balaban J connectivity index is 1.49. The van der Waals surface area contributed by atoms with Crippen molar-refractivity contribution in [3.63, 3.8) is 0 Å². The molecule has 0 bridgehead atoms. The SMILES string of the molecule is N#Cc1ccc(CN2CCN(Cc3ccnc(Cl)c3)CC2)cc1. The molecular formula is C18H19ClN4. The Kier molecular flexibility index (Phi) is 5.24. The molecule has 0 unspecified atom stereocenters. The van der Waals surface area contributed by atoms with Crippen LogP contribution in [-0.4, -0.2) is 41.0 Å². The van der Waals surface area contributed by atoms with Crippen LogP contribution in [0.25, 0.3) is 0 Å². The summed E-state index contributed by atoms with van der Waals surface area (Å²) in [6.45, 7) is 6.08. The third-order valence-electron chi connectivity index (χ3n) is 4.15. The fraction of sp³-hybridized carbons (Fsp3) is 0.333. The molecule has 2 aromatic rings. The Morgan fingerprint density at radius 1 is 0.957 bits per heavy atom. The highest BCUT2D eigenvalue weighted by molar-refractivity contribution is 6.29. The van der Waals surface area contributed by atoms with Gasteiger partial charge in [0.1, 0.15) is 5.15 Å². The molecule has 0 spiro atoms. The highest BCUT2D eigenvalue weighted by Gasteiger charge is 2.17. The zero-order valence-electron chi connectivity index (χ0n) is 13.0.